The fraction of sp³-hybridized carbons (Fsp3) is 0.200. The Bertz CT molecular complexity index is 907. The molecular formula is C20H20N2O3. The fourth-order valence-electron chi connectivity index (χ4n) is 3.17. The number of aliphatic hydroxyl groups is 1. The number of hydrogen-bond acceptors (Lipinski definition) is 3. The van der Waals surface area contributed by atoms with Crippen molar-refractivity contribution in [1.82, 2.24) is 9.78 Å². The molecule has 3 aromatic rings. The van der Waals surface area contributed by atoms with E-state index < -0.39 is 12.1 Å². The average molecular weight is 336 g/mol. The van der Waals surface area contributed by atoms with E-state index in [1.807, 2.05) is 51.2 Å². The lowest BCUT2D eigenvalue weighted by molar-refractivity contribution is 0.0696. The van der Waals surface area contributed by atoms with Crippen molar-refractivity contribution in [2.45, 2.75) is 26.9 Å². The van der Waals surface area contributed by atoms with E-state index in [0.717, 1.165) is 33.5 Å². The lowest BCUT2D eigenvalue weighted by atomic mass is 9.89. The van der Waals surface area contributed by atoms with Crippen molar-refractivity contribution in [2.24, 2.45) is 0 Å². The van der Waals surface area contributed by atoms with Crippen LogP contribution in [0.25, 0.3) is 5.69 Å². The van der Waals surface area contributed by atoms with Crippen molar-refractivity contribution >= 4 is 5.97 Å². The molecule has 0 aliphatic rings. The Kier molecular flexibility index (Phi) is 4.42. The highest BCUT2D eigenvalue weighted by Gasteiger charge is 2.20. The summed E-state index contributed by atoms with van der Waals surface area (Å²) < 4.78 is 1.74. The van der Waals surface area contributed by atoms with Gasteiger partial charge in [0.1, 0.15) is 6.10 Å². The number of nitrogens with zero attached hydrogens (tertiary/aromatic N) is 2. The number of carbonyl (C=O) groups is 1. The highest BCUT2D eigenvalue weighted by atomic mass is 16.4. The molecule has 0 unspecified atom stereocenters. The normalized spacial score (nSPS) is 12.2. The van der Waals surface area contributed by atoms with Gasteiger partial charge < -0.3 is 10.2 Å². The van der Waals surface area contributed by atoms with Crippen LogP contribution < -0.4 is 0 Å². The minimum atomic E-state index is -0.968. The zero-order valence-corrected chi connectivity index (χ0v) is 14.4. The third-order valence-electron chi connectivity index (χ3n) is 4.44. The zero-order valence-electron chi connectivity index (χ0n) is 14.4. The van der Waals surface area contributed by atoms with Crippen molar-refractivity contribution in [3.05, 3.63) is 82.2 Å². The molecule has 0 saturated heterocycles. The van der Waals surface area contributed by atoms with Gasteiger partial charge in [0.25, 0.3) is 0 Å². The van der Waals surface area contributed by atoms with E-state index in [1.165, 1.54) is 0 Å². The van der Waals surface area contributed by atoms with Gasteiger partial charge >= 0.3 is 5.97 Å². The summed E-state index contributed by atoms with van der Waals surface area (Å²) in [4.78, 5) is 11.2. The van der Waals surface area contributed by atoms with Crippen LogP contribution in [0.15, 0.2) is 48.8 Å². The highest BCUT2D eigenvalue weighted by Crippen LogP contribution is 2.31. The van der Waals surface area contributed by atoms with Gasteiger partial charge in [0, 0.05) is 12.4 Å². The Morgan fingerprint density at radius 1 is 1.08 bits per heavy atom. The molecular weight excluding hydrogens is 316 g/mol. The van der Waals surface area contributed by atoms with E-state index in [0.29, 0.717) is 0 Å². The Hall–Kier alpha value is -2.92. The second kappa shape index (κ2) is 6.53. The Morgan fingerprint density at radius 3 is 2.32 bits per heavy atom. The largest absolute Gasteiger partial charge is 0.478 e. The lowest BCUT2D eigenvalue weighted by Gasteiger charge is -2.20. The highest BCUT2D eigenvalue weighted by molar-refractivity contribution is 5.88. The zero-order chi connectivity index (χ0) is 18.1. The molecule has 0 aliphatic heterocycles. The molecule has 2 aromatic carbocycles. The Labute approximate surface area is 146 Å². The van der Waals surface area contributed by atoms with Gasteiger partial charge in [-0.2, -0.15) is 5.10 Å². The van der Waals surface area contributed by atoms with E-state index in [-0.39, 0.29) is 5.56 Å². The van der Waals surface area contributed by atoms with Crippen LogP contribution in [-0.2, 0) is 0 Å². The molecule has 0 saturated carbocycles. The predicted molar refractivity (Wildman–Crippen MR) is 95.2 cm³/mol. The molecule has 5 heteroatoms. The summed E-state index contributed by atoms with van der Waals surface area (Å²) in [6, 6.07) is 10.9. The SMILES string of the molecule is Cc1ccc(-n2cccn2)cc1[C@H](O)c1c(C)cc(C(=O)O)cc1C. The Balaban J connectivity index is 2.08. The van der Waals surface area contributed by atoms with Crippen LogP contribution in [0.2, 0.25) is 0 Å². The molecule has 5 nitrogen and oxygen atoms in total. The molecule has 0 amide bonds. The smallest absolute Gasteiger partial charge is 0.335 e. The lowest BCUT2D eigenvalue weighted by Crippen LogP contribution is -2.09. The third-order valence-corrected chi connectivity index (χ3v) is 4.44. The van der Waals surface area contributed by atoms with Gasteiger partial charge in [-0.15, -0.1) is 0 Å². The number of hydrogen-bond donors (Lipinski definition) is 2. The first kappa shape index (κ1) is 16.9. The molecule has 3 rings (SSSR count). The molecule has 128 valence electrons. The molecule has 0 fully saturated rings. The summed E-state index contributed by atoms with van der Waals surface area (Å²) in [6.45, 7) is 5.59. The second-order valence-electron chi connectivity index (χ2n) is 6.22. The van der Waals surface area contributed by atoms with Crippen LogP contribution in [-0.4, -0.2) is 26.0 Å². The molecule has 0 aliphatic carbocycles. The van der Waals surface area contributed by atoms with Crippen molar-refractivity contribution < 1.29 is 15.0 Å². The minimum absolute atomic E-state index is 0.230. The van der Waals surface area contributed by atoms with Crippen LogP contribution in [0.4, 0.5) is 0 Å². The Morgan fingerprint density at radius 2 is 1.76 bits per heavy atom. The number of benzene rings is 2. The predicted octanol–water partition coefficient (Wildman–Crippen LogP) is 3.58. The molecule has 1 atom stereocenters. The summed E-state index contributed by atoms with van der Waals surface area (Å²) in [6.07, 6.45) is 2.71. The molecule has 0 radical (unpaired) electrons. The summed E-state index contributed by atoms with van der Waals surface area (Å²) in [5, 5.41) is 24.4. The van der Waals surface area contributed by atoms with Crippen molar-refractivity contribution in [3.8, 4) is 5.69 Å². The number of aromatic nitrogens is 2. The second-order valence-corrected chi connectivity index (χ2v) is 6.22. The maximum atomic E-state index is 11.2. The van der Waals surface area contributed by atoms with Crippen LogP contribution in [0.1, 0.15) is 44.3 Å². The molecule has 25 heavy (non-hydrogen) atoms. The number of aryl methyl sites for hydroxylation is 3. The van der Waals surface area contributed by atoms with Gasteiger partial charge in [0.15, 0.2) is 0 Å². The number of carboxylic acid groups (broad SMARTS) is 1. The maximum Gasteiger partial charge on any atom is 0.335 e. The molecule has 1 heterocycles. The number of rotatable bonds is 4. The first-order valence-electron chi connectivity index (χ1n) is 8.01. The van der Waals surface area contributed by atoms with Gasteiger partial charge in [0.05, 0.1) is 11.3 Å². The summed E-state index contributed by atoms with van der Waals surface area (Å²) in [7, 11) is 0. The van der Waals surface area contributed by atoms with Crippen LogP contribution >= 0.6 is 0 Å². The van der Waals surface area contributed by atoms with E-state index >= 15 is 0 Å². The molecule has 0 spiro atoms. The van der Waals surface area contributed by atoms with Crippen molar-refractivity contribution in [3.63, 3.8) is 0 Å². The standard InChI is InChI=1S/C20H20N2O3/c1-12-5-6-16(22-8-4-7-21-22)11-17(12)19(23)18-13(2)9-15(20(24)25)10-14(18)3/h4-11,19,23H,1-3H3,(H,24,25)/t19-/m0/s1. The minimum Gasteiger partial charge on any atom is -0.478 e. The maximum absolute atomic E-state index is 11.2. The van der Waals surface area contributed by atoms with Gasteiger partial charge in [-0.1, -0.05) is 6.07 Å². The quantitative estimate of drug-likeness (QED) is 0.763. The van der Waals surface area contributed by atoms with Crippen LogP contribution in [0, 0.1) is 20.8 Å². The number of carboxylic acids is 1. The average Bonchev–Trinajstić information content (AvgIpc) is 3.08. The van der Waals surface area contributed by atoms with Crippen molar-refractivity contribution in [1.29, 1.82) is 0 Å². The first-order valence-corrected chi connectivity index (χ1v) is 8.01. The summed E-state index contributed by atoms with van der Waals surface area (Å²) >= 11 is 0. The van der Waals surface area contributed by atoms with E-state index in [9.17, 15) is 15.0 Å². The van der Waals surface area contributed by atoms with E-state index in [4.69, 9.17) is 0 Å². The number of aliphatic hydroxyl groups excluding tert-OH is 1. The topological polar surface area (TPSA) is 75.3 Å². The van der Waals surface area contributed by atoms with Crippen LogP contribution in [0.3, 0.4) is 0 Å². The van der Waals surface area contributed by atoms with Gasteiger partial charge in [-0.05, 0) is 78.9 Å². The molecule has 0 bridgehead atoms. The molecule has 2 N–H and O–H groups in total. The van der Waals surface area contributed by atoms with Crippen molar-refractivity contribution in [2.75, 3.05) is 0 Å². The number of aromatic carboxylic acids is 1. The van der Waals surface area contributed by atoms with E-state index in [2.05, 4.69) is 5.10 Å². The summed E-state index contributed by atoms with van der Waals surface area (Å²) in [5.74, 6) is -0.968. The van der Waals surface area contributed by atoms with E-state index in [1.54, 1.807) is 23.0 Å². The van der Waals surface area contributed by atoms with Gasteiger partial charge in [0.2, 0.25) is 0 Å². The monoisotopic (exact) mass is 336 g/mol. The van der Waals surface area contributed by atoms with Crippen LogP contribution in [0.5, 0.6) is 0 Å². The third kappa shape index (κ3) is 3.19. The fourth-order valence-corrected chi connectivity index (χ4v) is 3.17. The molecule has 1 aromatic heterocycles. The van der Waals surface area contributed by atoms with Gasteiger partial charge in [-0.3, -0.25) is 0 Å². The summed E-state index contributed by atoms with van der Waals surface area (Å²) in [5.41, 5.74) is 5.09. The van der Waals surface area contributed by atoms with Gasteiger partial charge in [-0.25, -0.2) is 9.48 Å². The first-order chi connectivity index (χ1) is 11.9.